The molecule has 0 N–H and O–H groups in total. The van der Waals surface area contributed by atoms with Gasteiger partial charge in [-0.2, -0.15) is 5.26 Å². The minimum atomic E-state index is 0.143. The van der Waals surface area contributed by atoms with E-state index in [4.69, 9.17) is 10.00 Å². The Hall–Kier alpha value is -1.56. The largest absolute Gasteiger partial charge is 0.490 e. The van der Waals surface area contributed by atoms with Crippen LogP contribution in [0.5, 0.6) is 5.75 Å². The molecule has 0 aliphatic rings. The second-order valence-corrected chi connectivity index (χ2v) is 3.56. The van der Waals surface area contributed by atoms with Gasteiger partial charge in [0, 0.05) is 12.3 Å². The van der Waals surface area contributed by atoms with Gasteiger partial charge < -0.3 is 4.74 Å². The molecule has 0 spiro atoms. The quantitative estimate of drug-likeness (QED) is 0.735. The highest BCUT2D eigenvalue weighted by Crippen LogP contribution is 2.15. The van der Waals surface area contributed by atoms with Crippen molar-refractivity contribution in [3.8, 4) is 11.8 Å². The summed E-state index contributed by atoms with van der Waals surface area (Å²) in [6.45, 7) is 6.20. The highest BCUT2D eigenvalue weighted by atomic mass is 16.5. The molecule has 0 aromatic carbocycles. The average Bonchev–Trinajstić information content (AvgIpc) is 2.18. The first-order chi connectivity index (χ1) is 6.63. The van der Waals surface area contributed by atoms with Crippen LogP contribution in [0.25, 0.3) is 0 Å². The zero-order valence-corrected chi connectivity index (χ0v) is 8.69. The Labute approximate surface area is 84.3 Å². The van der Waals surface area contributed by atoms with Gasteiger partial charge in [0.15, 0.2) is 0 Å². The van der Waals surface area contributed by atoms with Gasteiger partial charge in [-0.05, 0) is 18.9 Å². The minimum Gasteiger partial charge on any atom is -0.490 e. The molecule has 0 saturated heterocycles. The number of nitrogens with zero attached hydrogens (tertiary/aromatic N) is 2. The van der Waals surface area contributed by atoms with Gasteiger partial charge >= 0.3 is 0 Å². The first-order valence-corrected chi connectivity index (χ1v) is 4.66. The zero-order chi connectivity index (χ0) is 10.6. The molecule has 3 nitrogen and oxygen atoms in total. The molecule has 1 unspecified atom stereocenters. The number of pyridine rings is 1. The van der Waals surface area contributed by atoms with Crippen LogP contribution in [-0.2, 0) is 0 Å². The number of hydrogen-bond donors (Lipinski definition) is 0. The molecule has 0 aliphatic carbocycles. The van der Waals surface area contributed by atoms with Crippen molar-refractivity contribution in [2.24, 2.45) is 5.92 Å². The first-order valence-electron chi connectivity index (χ1n) is 4.66. The van der Waals surface area contributed by atoms with Crippen molar-refractivity contribution in [3.63, 3.8) is 0 Å². The lowest BCUT2D eigenvalue weighted by Gasteiger charge is -2.17. The van der Waals surface area contributed by atoms with Crippen LogP contribution in [0, 0.1) is 17.2 Å². The van der Waals surface area contributed by atoms with Gasteiger partial charge in [0.25, 0.3) is 0 Å². The summed E-state index contributed by atoms with van der Waals surface area (Å²) in [6, 6.07) is 5.39. The molecule has 74 valence electrons. The van der Waals surface area contributed by atoms with E-state index in [-0.39, 0.29) is 6.10 Å². The Balaban J connectivity index is 2.73. The smallest absolute Gasteiger partial charge is 0.144 e. The molecule has 0 radical (unpaired) electrons. The van der Waals surface area contributed by atoms with Gasteiger partial charge in [0.2, 0.25) is 0 Å². The van der Waals surface area contributed by atoms with Gasteiger partial charge in [0.1, 0.15) is 17.5 Å². The Bertz CT molecular complexity index is 341. The van der Waals surface area contributed by atoms with E-state index in [2.05, 4.69) is 18.8 Å². The topological polar surface area (TPSA) is 45.9 Å². The van der Waals surface area contributed by atoms with Crippen molar-refractivity contribution in [1.82, 2.24) is 4.98 Å². The lowest BCUT2D eigenvalue weighted by molar-refractivity contribution is 0.170. The third kappa shape index (κ3) is 2.74. The van der Waals surface area contributed by atoms with E-state index >= 15 is 0 Å². The van der Waals surface area contributed by atoms with Gasteiger partial charge in [0.05, 0.1) is 6.10 Å². The fourth-order valence-electron chi connectivity index (χ4n) is 0.896. The molecule has 3 heteroatoms. The van der Waals surface area contributed by atoms with Crippen LogP contribution in [0.3, 0.4) is 0 Å². The predicted molar refractivity (Wildman–Crippen MR) is 53.9 cm³/mol. The normalized spacial score (nSPS) is 12.2. The molecule has 0 saturated carbocycles. The van der Waals surface area contributed by atoms with E-state index in [1.807, 2.05) is 13.0 Å². The van der Waals surface area contributed by atoms with Crippen LogP contribution >= 0.6 is 0 Å². The molecule has 14 heavy (non-hydrogen) atoms. The van der Waals surface area contributed by atoms with E-state index < -0.39 is 0 Å². The second kappa shape index (κ2) is 4.61. The molecule has 0 aliphatic heterocycles. The highest BCUT2D eigenvalue weighted by Gasteiger charge is 2.08. The summed E-state index contributed by atoms with van der Waals surface area (Å²) in [5.74, 6) is 1.16. The molecule has 0 fully saturated rings. The monoisotopic (exact) mass is 190 g/mol. The standard InChI is InChI=1S/C11H14N2O/c1-8(2)9(3)14-11-4-5-13-10(6-11)7-12/h4-6,8-9H,1-3H3. The molecule has 1 rings (SSSR count). The number of hydrogen-bond acceptors (Lipinski definition) is 3. The van der Waals surface area contributed by atoms with Gasteiger partial charge in [-0.15, -0.1) is 0 Å². The fraction of sp³-hybridized carbons (Fsp3) is 0.455. The van der Waals surface area contributed by atoms with E-state index in [0.29, 0.717) is 17.4 Å². The molecule has 1 heterocycles. The molecule has 1 aromatic rings. The van der Waals surface area contributed by atoms with E-state index in [1.165, 1.54) is 0 Å². The van der Waals surface area contributed by atoms with Crippen molar-refractivity contribution >= 4 is 0 Å². The molecule has 1 atom stereocenters. The first kappa shape index (κ1) is 10.5. The average molecular weight is 190 g/mol. The van der Waals surface area contributed by atoms with Crippen LogP contribution in [0.1, 0.15) is 26.5 Å². The summed E-state index contributed by atoms with van der Waals surface area (Å²) in [7, 11) is 0. The van der Waals surface area contributed by atoms with Crippen molar-refractivity contribution < 1.29 is 4.74 Å². The molecule has 0 amide bonds. The van der Waals surface area contributed by atoms with Crippen LogP contribution in [0.4, 0.5) is 0 Å². The van der Waals surface area contributed by atoms with Crippen molar-refractivity contribution in [2.45, 2.75) is 26.9 Å². The molecule has 0 bridgehead atoms. The van der Waals surface area contributed by atoms with Crippen LogP contribution in [0.15, 0.2) is 18.3 Å². The SMILES string of the molecule is CC(C)C(C)Oc1ccnc(C#N)c1. The summed E-state index contributed by atoms with van der Waals surface area (Å²) < 4.78 is 5.63. The predicted octanol–water partition coefficient (Wildman–Crippen LogP) is 2.38. The van der Waals surface area contributed by atoms with Crippen LogP contribution in [-0.4, -0.2) is 11.1 Å². The van der Waals surface area contributed by atoms with E-state index in [1.54, 1.807) is 18.3 Å². The van der Waals surface area contributed by atoms with Gasteiger partial charge in [-0.25, -0.2) is 4.98 Å². The summed E-state index contributed by atoms with van der Waals surface area (Å²) in [4.78, 5) is 3.87. The van der Waals surface area contributed by atoms with Crippen LogP contribution in [0.2, 0.25) is 0 Å². The number of aromatic nitrogens is 1. The lowest BCUT2D eigenvalue weighted by atomic mass is 10.1. The second-order valence-electron chi connectivity index (χ2n) is 3.56. The van der Waals surface area contributed by atoms with Crippen LogP contribution < -0.4 is 4.74 Å². The summed E-state index contributed by atoms with van der Waals surface area (Å²) in [5, 5.41) is 8.64. The van der Waals surface area contributed by atoms with Gasteiger partial charge in [-0.3, -0.25) is 0 Å². The minimum absolute atomic E-state index is 0.143. The van der Waals surface area contributed by atoms with Gasteiger partial charge in [-0.1, -0.05) is 13.8 Å². The molecular weight excluding hydrogens is 176 g/mol. The molecule has 1 aromatic heterocycles. The third-order valence-corrected chi connectivity index (χ3v) is 2.11. The Morgan fingerprint density at radius 1 is 1.43 bits per heavy atom. The Morgan fingerprint density at radius 2 is 2.14 bits per heavy atom. The lowest BCUT2D eigenvalue weighted by Crippen LogP contribution is -2.18. The number of rotatable bonds is 3. The summed E-state index contributed by atoms with van der Waals surface area (Å²) in [5.41, 5.74) is 0.387. The zero-order valence-electron chi connectivity index (χ0n) is 8.69. The Kier molecular flexibility index (Phi) is 3.47. The summed E-state index contributed by atoms with van der Waals surface area (Å²) in [6.07, 6.45) is 1.73. The van der Waals surface area contributed by atoms with Crippen molar-refractivity contribution in [1.29, 1.82) is 5.26 Å². The maximum absolute atomic E-state index is 8.64. The van der Waals surface area contributed by atoms with Crippen molar-refractivity contribution in [2.75, 3.05) is 0 Å². The van der Waals surface area contributed by atoms with E-state index in [0.717, 1.165) is 0 Å². The number of ether oxygens (including phenoxy) is 1. The van der Waals surface area contributed by atoms with E-state index in [9.17, 15) is 0 Å². The third-order valence-electron chi connectivity index (χ3n) is 2.11. The number of nitriles is 1. The summed E-state index contributed by atoms with van der Waals surface area (Å²) >= 11 is 0. The Morgan fingerprint density at radius 3 is 2.71 bits per heavy atom. The maximum atomic E-state index is 8.64. The highest BCUT2D eigenvalue weighted by molar-refractivity contribution is 5.29. The maximum Gasteiger partial charge on any atom is 0.144 e. The van der Waals surface area contributed by atoms with Crippen molar-refractivity contribution in [3.05, 3.63) is 24.0 Å². The molecular formula is C11H14N2O. The fourth-order valence-corrected chi connectivity index (χ4v) is 0.896.